The summed E-state index contributed by atoms with van der Waals surface area (Å²) in [7, 11) is 2.92. The van der Waals surface area contributed by atoms with Gasteiger partial charge in [-0.25, -0.2) is 4.98 Å². The first-order chi connectivity index (χ1) is 20.1. The molecule has 3 unspecified atom stereocenters. The van der Waals surface area contributed by atoms with Crippen LogP contribution in [0.25, 0.3) is 0 Å². The molecular formula is C31H38N4O8. The lowest BCUT2D eigenvalue weighted by molar-refractivity contribution is -0.196. The molecule has 1 aromatic heterocycles. The number of nitrogens with zero attached hydrogens (tertiary/aromatic N) is 3. The molecule has 12 nitrogen and oxygen atoms in total. The third-order valence-electron chi connectivity index (χ3n) is 10.00. The van der Waals surface area contributed by atoms with Crippen molar-refractivity contribution < 1.29 is 39.3 Å². The van der Waals surface area contributed by atoms with Crippen LogP contribution in [0.2, 0.25) is 0 Å². The number of Topliss-reactive ketones (excluding diaryl/α,β-unsaturated/α-hetero) is 4. The van der Waals surface area contributed by atoms with Gasteiger partial charge in [-0.05, 0) is 43.8 Å². The number of phenols is 1. The van der Waals surface area contributed by atoms with Gasteiger partial charge in [-0.1, -0.05) is 32.9 Å². The zero-order chi connectivity index (χ0) is 31.8. The van der Waals surface area contributed by atoms with Crippen LogP contribution in [0.5, 0.6) is 5.75 Å². The molecule has 5 rings (SSSR count). The Kier molecular flexibility index (Phi) is 7.47. The highest BCUT2D eigenvalue weighted by atomic mass is 16.3. The van der Waals surface area contributed by atoms with E-state index < -0.39 is 81.8 Å². The summed E-state index contributed by atoms with van der Waals surface area (Å²) < 4.78 is 1.94. The first kappa shape index (κ1) is 30.7. The van der Waals surface area contributed by atoms with Crippen LogP contribution in [-0.4, -0.2) is 90.7 Å². The number of carbonyl (C=O) groups is 5. The van der Waals surface area contributed by atoms with Crippen LogP contribution in [0.15, 0.2) is 30.9 Å². The zero-order valence-electron chi connectivity index (χ0n) is 24.9. The minimum Gasteiger partial charge on any atom is -0.507 e. The van der Waals surface area contributed by atoms with Crippen molar-refractivity contribution in [3.05, 3.63) is 47.5 Å². The summed E-state index contributed by atoms with van der Waals surface area (Å²) in [4.78, 5) is 72.7. The first-order valence-corrected chi connectivity index (χ1v) is 14.4. The van der Waals surface area contributed by atoms with E-state index in [4.69, 9.17) is 5.73 Å². The summed E-state index contributed by atoms with van der Waals surface area (Å²) in [5.74, 6) is -13.2. The lowest BCUT2D eigenvalue weighted by Crippen LogP contribution is -2.77. The Bertz CT molecular complexity index is 1520. The number of benzene rings is 1. The van der Waals surface area contributed by atoms with Crippen molar-refractivity contribution in [1.29, 1.82) is 0 Å². The van der Waals surface area contributed by atoms with Gasteiger partial charge in [0.05, 0.1) is 35.9 Å². The van der Waals surface area contributed by atoms with Crippen LogP contribution in [0.1, 0.15) is 61.0 Å². The van der Waals surface area contributed by atoms with Gasteiger partial charge in [0.15, 0.2) is 34.7 Å². The number of fused-ring (bicyclic) bond motifs is 3. The van der Waals surface area contributed by atoms with Crippen LogP contribution in [-0.2, 0) is 31.1 Å². The highest BCUT2D eigenvalue weighted by molar-refractivity contribution is 6.32. The molecule has 5 N–H and O–H groups in total. The molecule has 0 radical (unpaired) electrons. The molecule has 230 valence electrons. The number of nitrogens with two attached hydrogens (primary N) is 1. The number of hydrogen-bond donors (Lipinski definition) is 4. The van der Waals surface area contributed by atoms with E-state index in [0.717, 1.165) is 6.42 Å². The summed E-state index contributed by atoms with van der Waals surface area (Å²) in [6.07, 6.45) is 5.00. The number of aliphatic hydroxyl groups excluding tert-OH is 1. The monoisotopic (exact) mass is 594 g/mol. The predicted octanol–water partition coefficient (Wildman–Crippen LogP) is 0.353. The lowest BCUT2D eigenvalue weighted by atomic mass is 9.49. The van der Waals surface area contributed by atoms with Crippen LogP contribution in [0.4, 0.5) is 0 Å². The average Bonchev–Trinajstić information content (AvgIpc) is 3.43. The van der Waals surface area contributed by atoms with Crippen molar-refractivity contribution in [3.63, 3.8) is 0 Å². The van der Waals surface area contributed by atoms with Gasteiger partial charge in [0, 0.05) is 30.4 Å². The number of hydrogen-bond acceptors (Lipinski definition) is 10. The molecule has 0 bridgehead atoms. The summed E-state index contributed by atoms with van der Waals surface area (Å²) in [6.45, 7) is 6.28. The molecule has 2 aromatic rings. The lowest BCUT2D eigenvalue weighted by Gasteiger charge is -2.56. The van der Waals surface area contributed by atoms with E-state index in [0.29, 0.717) is 24.1 Å². The number of likely N-dealkylation sites (N-methyl/N-ethyl adjacent to an activating group) is 1. The van der Waals surface area contributed by atoms with E-state index in [2.05, 4.69) is 4.98 Å². The highest BCUT2D eigenvalue weighted by Crippen LogP contribution is 2.55. The highest BCUT2D eigenvalue weighted by Gasteiger charge is 2.72. The molecular weight excluding hydrogens is 556 g/mol. The Balaban J connectivity index is 1.57. The molecule has 0 aliphatic heterocycles. The molecule has 2 saturated carbocycles. The second-order valence-electron chi connectivity index (χ2n) is 13.1. The Hall–Kier alpha value is -3.74. The van der Waals surface area contributed by atoms with Crippen LogP contribution in [0.3, 0.4) is 0 Å². The largest absolute Gasteiger partial charge is 0.507 e. The van der Waals surface area contributed by atoms with Gasteiger partial charge >= 0.3 is 0 Å². The fourth-order valence-corrected chi connectivity index (χ4v) is 7.79. The number of carbonyl (C=O) groups excluding carboxylic acids is 5. The van der Waals surface area contributed by atoms with Crippen molar-refractivity contribution in [1.82, 2.24) is 14.5 Å². The topological polar surface area (TPSA) is 193 Å². The number of aliphatic hydroxyl groups is 2. The smallest absolute Gasteiger partial charge is 0.235 e. The van der Waals surface area contributed by atoms with Gasteiger partial charge in [-0.2, -0.15) is 0 Å². The molecule has 3 aliphatic rings. The number of aryl methyl sites for hydroxylation is 1. The molecule has 2 fully saturated rings. The molecule has 0 spiro atoms. The van der Waals surface area contributed by atoms with Crippen molar-refractivity contribution in [2.24, 2.45) is 29.4 Å². The third kappa shape index (κ3) is 4.37. The fourth-order valence-electron chi connectivity index (χ4n) is 7.79. The number of aromatic hydroxyl groups is 1. The summed E-state index contributed by atoms with van der Waals surface area (Å²) in [5.41, 5.74) is 2.60. The molecule has 1 amide bonds. The van der Waals surface area contributed by atoms with Gasteiger partial charge in [-0.3, -0.25) is 28.9 Å². The second-order valence-corrected chi connectivity index (χ2v) is 13.1. The maximum atomic E-state index is 14.2. The summed E-state index contributed by atoms with van der Waals surface area (Å²) in [5, 5.41) is 35.1. The normalized spacial score (nSPS) is 32.4. The Morgan fingerprint density at radius 1 is 1.16 bits per heavy atom. The molecule has 1 heterocycles. The van der Waals surface area contributed by atoms with Gasteiger partial charge in [0.25, 0.3) is 0 Å². The first-order valence-electron chi connectivity index (χ1n) is 14.4. The Morgan fingerprint density at radius 2 is 1.84 bits per heavy atom. The standard InChI is InChI=1S/C31H38N4O8/c1-14-15-7-8-16(30(2,3)9-6-11-35-12-10-33-13-35)23(36)18(15)24(37)19-17(14)25(38)21-22(34(4)5)26(39)20(29(32)42)28(41)31(21,43)27(19)40/h7-8,10,12-14,17,19-22,25,36,38,43H,6,9,11H2,1-5H3,(H2,32,42)/t14-,17+,19?,20?,21+,22?,25-,31-/m0/s1. The van der Waals surface area contributed by atoms with Crippen molar-refractivity contribution in [3.8, 4) is 5.75 Å². The average molecular weight is 595 g/mol. The second kappa shape index (κ2) is 10.5. The number of phenolic OH excluding ortho intramolecular Hbond substituents is 1. The Labute approximate surface area is 248 Å². The minimum absolute atomic E-state index is 0.0912. The number of rotatable bonds is 7. The van der Waals surface area contributed by atoms with Crippen molar-refractivity contribution >= 4 is 29.0 Å². The van der Waals surface area contributed by atoms with Crippen LogP contribution >= 0.6 is 0 Å². The third-order valence-corrected chi connectivity index (χ3v) is 10.00. The van der Waals surface area contributed by atoms with Crippen LogP contribution in [0, 0.1) is 23.7 Å². The molecule has 0 saturated heterocycles. The molecule has 1 aromatic carbocycles. The SMILES string of the molecule is C[C@H]1c2ccc(C(C)(C)CCCn3ccnc3)c(O)c2C(=O)C2C(=O)[C@]3(O)C(=O)C(C(N)=O)C(=O)C(N(C)C)[C@@H]3[C@@H](O)[C@@H]21. The minimum atomic E-state index is -3.02. The van der Waals surface area contributed by atoms with Gasteiger partial charge in [-0.15, -0.1) is 0 Å². The number of ketones is 4. The summed E-state index contributed by atoms with van der Waals surface area (Å²) >= 11 is 0. The number of aromatic nitrogens is 2. The number of imidazole rings is 1. The summed E-state index contributed by atoms with van der Waals surface area (Å²) in [6, 6.07) is 2.06. The number of primary amides is 1. The van der Waals surface area contributed by atoms with E-state index >= 15 is 0 Å². The van der Waals surface area contributed by atoms with Gasteiger partial charge in [0.2, 0.25) is 5.91 Å². The van der Waals surface area contributed by atoms with Crippen LogP contribution < -0.4 is 5.73 Å². The predicted molar refractivity (Wildman–Crippen MR) is 152 cm³/mol. The van der Waals surface area contributed by atoms with E-state index in [1.54, 1.807) is 31.6 Å². The van der Waals surface area contributed by atoms with E-state index in [1.165, 1.54) is 19.0 Å². The van der Waals surface area contributed by atoms with Crippen molar-refractivity contribution in [2.45, 2.75) is 69.2 Å². The molecule has 12 heteroatoms. The number of amides is 1. The maximum Gasteiger partial charge on any atom is 0.235 e. The van der Waals surface area contributed by atoms with Gasteiger partial charge in [0.1, 0.15) is 5.75 Å². The van der Waals surface area contributed by atoms with E-state index in [-0.39, 0.29) is 11.3 Å². The van der Waals surface area contributed by atoms with Gasteiger partial charge < -0.3 is 25.6 Å². The maximum absolute atomic E-state index is 14.2. The Morgan fingerprint density at radius 3 is 2.42 bits per heavy atom. The van der Waals surface area contributed by atoms with E-state index in [9.17, 15) is 39.3 Å². The fraction of sp³-hybridized carbons (Fsp3) is 0.548. The van der Waals surface area contributed by atoms with Crippen molar-refractivity contribution in [2.75, 3.05) is 14.1 Å². The zero-order valence-corrected chi connectivity index (χ0v) is 24.9. The quantitative estimate of drug-likeness (QED) is 0.325. The molecule has 8 atom stereocenters. The molecule has 3 aliphatic carbocycles. The van der Waals surface area contributed by atoms with E-state index in [1.807, 2.05) is 24.6 Å². The molecule has 43 heavy (non-hydrogen) atoms.